The van der Waals surface area contributed by atoms with Gasteiger partial charge in [-0.1, -0.05) is 96.5 Å². The molecule has 0 amide bonds. The quantitative estimate of drug-likeness (QED) is 0.218. The fourth-order valence-electron chi connectivity index (χ4n) is 4.04. The maximum absolute atomic E-state index is 13.2. The van der Waals surface area contributed by atoms with E-state index >= 15 is 0 Å². The van der Waals surface area contributed by atoms with E-state index in [9.17, 15) is 4.79 Å². The molecule has 0 radical (unpaired) electrons. The molecule has 0 saturated carbocycles. The van der Waals surface area contributed by atoms with Gasteiger partial charge in [-0.05, 0) is 74.6 Å². The number of hydrogen-bond donors (Lipinski definition) is 1. The van der Waals surface area contributed by atoms with Crippen LogP contribution in [0.25, 0.3) is 22.3 Å². The van der Waals surface area contributed by atoms with Crippen molar-refractivity contribution < 1.29 is 4.79 Å². The highest BCUT2D eigenvalue weighted by Crippen LogP contribution is 2.37. The summed E-state index contributed by atoms with van der Waals surface area (Å²) in [5.74, 6) is -0.0170. The van der Waals surface area contributed by atoms with Gasteiger partial charge in [0.2, 0.25) is 0 Å². The zero-order valence-electron chi connectivity index (χ0n) is 18.7. The molecule has 5 rings (SSSR count). The lowest BCUT2D eigenvalue weighted by molar-refractivity contribution is 0.103. The Morgan fingerprint density at radius 1 is 0.629 bits per heavy atom. The Labute approximate surface area is 218 Å². The third-order valence-electron chi connectivity index (χ3n) is 5.83. The highest BCUT2D eigenvalue weighted by Gasteiger charge is 2.15. The first-order valence-electron chi connectivity index (χ1n) is 11.2. The van der Waals surface area contributed by atoms with Crippen LogP contribution in [-0.4, -0.2) is 5.78 Å². The predicted molar refractivity (Wildman–Crippen MR) is 150 cm³/mol. The van der Waals surface area contributed by atoms with Gasteiger partial charge >= 0.3 is 0 Å². The molecule has 0 aliphatic rings. The van der Waals surface area contributed by atoms with Crippen LogP contribution in [0.4, 0.5) is 11.4 Å². The molecular weight excluding hydrogens is 518 g/mol. The van der Waals surface area contributed by atoms with Crippen LogP contribution in [0.5, 0.6) is 0 Å². The van der Waals surface area contributed by atoms with E-state index in [2.05, 4.69) is 51.6 Å². The van der Waals surface area contributed by atoms with Crippen LogP contribution < -0.4 is 5.32 Å². The van der Waals surface area contributed by atoms with E-state index in [1.54, 1.807) is 0 Å². The molecule has 0 aliphatic heterocycles. The van der Waals surface area contributed by atoms with Gasteiger partial charge in [-0.15, -0.1) is 0 Å². The van der Waals surface area contributed by atoms with Gasteiger partial charge in [0, 0.05) is 26.3 Å². The minimum absolute atomic E-state index is 0.0170. The van der Waals surface area contributed by atoms with E-state index in [0.717, 1.165) is 43.1 Å². The van der Waals surface area contributed by atoms with Crippen molar-refractivity contribution >= 4 is 44.7 Å². The van der Waals surface area contributed by atoms with Crippen molar-refractivity contribution in [3.63, 3.8) is 0 Å². The SMILES string of the molecule is O=C(c1ccccc1)c1ccccc1Nc1cccc(-c2cccc(-c3ccc(Cl)cc3)c2)c1Br. The molecule has 170 valence electrons. The lowest BCUT2D eigenvalue weighted by Crippen LogP contribution is -2.05. The van der Waals surface area contributed by atoms with Crippen molar-refractivity contribution in [2.24, 2.45) is 0 Å². The Morgan fingerprint density at radius 3 is 2.09 bits per heavy atom. The maximum atomic E-state index is 13.2. The van der Waals surface area contributed by atoms with Crippen LogP contribution in [0.3, 0.4) is 0 Å². The van der Waals surface area contributed by atoms with Crippen molar-refractivity contribution in [2.45, 2.75) is 0 Å². The van der Waals surface area contributed by atoms with E-state index in [1.165, 1.54) is 0 Å². The van der Waals surface area contributed by atoms with Gasteiger partial charge in [-0.2, -0.15) is 0 Å². The number of ketones is 1. The van der Waals surface area contributed by atoms with Crippen molar-refractivity contribution in [3.8, 4) is 22.3 Å². The number of rotatable bonds is 6. The Morgan fingerprint density at radius 2 is 1.29 bits per heavy atom. The van der Waals surface area contributed by atoms with Crippen molar-refractivity contribution in [1.29, 1.82) is 0 Å². The van der Waals surface area contributed by atoms with Crippen molar-refractivity contribution in [1.82, 2.24) is 0 Å². The average molecular weight is 539 g/mol. The topological polar surface area (TPSA) is 29.1 Å². The first-order valence-corrected chi connectivity index (χ1v) is 12.4. The minimum atomic E-state index is -0.0170. The molecule has 5 aromatic rings. The van der Waals surface area contributed by atoms with Gasteiger partial charge in [-0.25, -0.2) is 0 Å². The predicted octanol–water partition coefficient (Wildman–Crippen LogP) is 9.41. The first-order chi connectivity index (χ1) is 17.1. The molecule has 0 bridgehead atoms. The standard InChI is InChI=1S/C31H21BrClNO/c32-30-26(24-11-6-10-23(20-24)21-16-18-25(33)19-17-21)13-7-15-29(30)34-28-14-5-4-12-27(28)31(35)22-8-2-1-3-9-22/h1-20,34H. The summed E-state index contributed by atoms with van der Waals surface area (Å²) in [5.41, 5.74) is 7.29. The number of carbonyl (C=O) groups excluding carboxylic acids is 1. The summed E-state index contributed by atoms with van der Waals surface area (Å²) in [6, 6.07) is 39.3. The number of hydrogen-bond acceptors (Lipinski definition) is 2. The summed E-state index contributed by atoms with van der Waals surface area (Å²) in [6.07, 6.45) is 0. The second-order valence-corrected chi connectivity index (χ2v) is 9.35. The Kier molecular flexibility index (Phi) is 6.80. The molecule has 35 heavy (non-hydrogen) atoms. The minimum Gasteiger partial charge on any atom is -0.354 e. The van der Waals surface area contributed by atoms with Gasteiger partial charge in [-0.3, -0.25) is 4.79 Å². The van der Waals surface area contributed by atoms with Crippen LogP contribution in [0, 0.1) is 0 Å². The first kappa shape index (κ1) is 23.1. The van der Waals surface area contributed by atoms with Crippen molar-refractivity contribution in [3.05, 3.63) is 142 Å². The summed E-state index contributed by atoms with van der Waals surface area (Å²) < 4.78 is 0.926. The number of para-hydroxylation sites is 1. The molecule has 0 heterocycles. The zero-order valence-corrected chi connectivity index (χ0v) is 21.1. The Hall–Kier alpha value is -3.66. The summed E-state index contributed by atoms with van der Waals surface area (Å²) in [5, 5.41) is 4.19. The molecule has 0 unspecified atom stereocenters. The monoisotopic (exact) mass is 537 g/mol. The molecule has 0 aromatic heterocycles. The van der Waals surface area contributed by atoms with Crippen LogP contribution in [-0.2, 0) is 0 Å². The molecule has 0 aliphatic carbocycles. The van der Waals surface area contributed by atoms with Crippen LogP contribution in [0.2, 0.25) is 5.02 Å². The zero-order chi connectivity index (χ0) is 24.2. The fraction of sp³-hybridized carbons (Fsp3) is 0. The van der Waals surface area contributed by atoms with E-state index in [4.69, 9.17) is 11.6 Å². The molecule has 5 aromatic carbocycles. The van der Waals surface area contributed by atoms with Crippen LogP contribution in [0.1, 0.15) is 15.9 Å². The lowest BCUT2D eigenvalue weighted by atomic mass is 9.98. The summed E-state index contributed by atoms with van der Waals surface area (Å²) in [4.78, 5) is 13.2. The number of carbonyl (C=O) groups is 1. The Balaban J connectivity index is 1.49. The molecule has 1 N–H and O–H groups in total. The van der Waals surface area contributed by atoms with Crippen LogP contribution >= 0.6 is 27.5 Å². The molecule has 4 heteroatoms. The van der Waals surface area contributed by atoms with E-state index in [1.807, 2.05) is 91.0 Å². The molecular formula is C31H21BrClNO. The molecule has 0 spiro atoms. The fourth-order valence-corrected chi connectivity index (χ4v) is 4.76. The molecule has 0 fully saturated rings. The second-order valence-electron chi connectivity index (χ2n) is 8.12. The van der Waals surface area contributed by atoms with Gasteiger partial charge in [0.25, 0.3) is 0 Å². The van der Waals surface area contributed by atoms with Crippen LogP contribution in [0.15, 0.2) is 126 Å². The third-order valence-corrected chi connectivity index (χ3v) is 6.93. The van der Waals surface area contributed by atoms with Gasteiger partial charge in [0.05, 0.1) is 5.69 Å². The highest BCUT2D eigenvalue weighted by molar-refractivity contribution is 9.10. The molecule has 2 nitrogen and oxygen atoms in total. The van der Waals surface area contributed by atoms with E-state index in [-0.39, 0.29) is 5.78 Å². The van der Waals surface area contributed by atoms with Crippen molar-refractivity contribution in [2.75, 3.05) is 5.32 Å². The summed E-state index contributed by atoms with van der Waals surface area (Å²) in [6.45, 7) is 0. The smallest absolute Gasteiger partial charge is 0.195 e. The normalized spacial score (nSPS) is 10.7. The Bertz CT molecular complexity index is 1500. The number of benzene rings is 5. The van der Waals surface area contributed by atoms with E-state index < -0.39 is 0 Å². The number of halogens is 2. The number of nitrogens with one attached hydrogen (secondary N) is 1. The summed E-state index contributed by atoms with van der Waals surface area (Å²) in [7, 11) is 0. The highest BCUT2D eigenvalue weighted by atomic mass is 79.9. The summed E-state index contributed by atoms with van der Waals surface area (Å²) >= 11 is 9.87. The van der Waals surface area contributed by atoms with Gasteiger partial charge in [0.15, 0.2) is 5.78 Å². The van der Waals surface area contributed by atoms with Gasteiger partial charge < -0.3 is 5.32 Å². The maximum Gasteiger partial charge on any atom is 0.195 e. The molecule has 0 saturated heterocycles. The third kappa shape index (κ3) is 5.07. The molecule has 0 atom stereocenters. The van der Waals surface area contributed by atoms with Gasteiger partial charge in [0.1, 0.15) is 0 Å². The average Bonchev–Trinajstić information content (AvgIpc) is 2.91. The second kappa shape index (κ2) is 10.3. The number of anilines is 2. The van der Waals surface area contributed by atoms with E-state index in [0.29, 0.717) is 11.1 Å². The lowest BCUT2D eigenvalue weighted by Gasteiger charge is -2.15. The largest absolute Gasteiger partial charge is 0.354 e.